The van der Waals surface area contributed by atoms with Gasteiger partial charge in [0.05, 0.1) is 11.9 Å². The van der Waals surface area contributed by atoms with Gasteiger partial charge in [0.15, 0.2) is 0 Å². The van der Waals surface area contributed by atoms with Crippen LogP contribution in [0.3, 0.4) is 0 Å². The number of nitrogens with one attached hydrogen (secondary N) is 1. The number of hydrogen-bond donors (Lipinski definition) is 1. The van der Waals surface area contributed by atoms with E-state index in [4.69, 9.17) is 0 Å². The molecule has 0 saturated heterocycles. The summed E-state index contributed by atoms with van der Waals surface area (Å²) in [6, 6.07) is 10.4. The molecule has 5 nitrogen and oxygen atoms in total. The lowest BCUT2D eigenvalue weighted by Gasteiger charge is -2.26. The molecule has 1 N–H and O–H groups in total. The Morgan fingerprint density at radius 2 is 1.92 bits per heavy atom. The van der Waals surface area contributed by atoms with E-state index in [2.05, 4.69) is 10.3 Å². The largest absolute Gasteiger partial charge is 0.352 e. The average Bonchev–Trinajstić information content (AvgIpc) is 2.60. The number of carbonyl (C=O) groups excluding carboxylic acids is 2. The Labute approximate surface area is 142 Å². The van der Waals surface area contributed by atoms with Crippen molar-refractivity contribution >= 4 is 17.5 Å². The first-order valence-electron chi connectivity index (χ1n) is 8.16. The zero-order valence-corrected chi connectivity index (χ0v) is 14.3. The number of nitrogens with zero attached hydrogens (tertiary/aromatic N) is 2. The molecule has 5 heteroatoms. The van der Waals surface area contributed by atoms with Crippen LogP contribution in [0.15, 0.2) is 48.8 Å². The summed E-state index contributed by atoms with van der Waals surface area (Å²) in [6.07, 6.45) is 4.20. The van der Waals surface area contributed by atoms with Crippen LogP contribution in [-0.4, -0.2) is 29.4 Å². The fourth-order valence-electron chi connectivity index (χ4n) is 2.42. The van der Waals surface area contributed by atoms with Gasteiger partial charge in [-0.05, 0) is 50.6 Å². The molecular formula is C19H23N3O2. The summed E-state index contributed by atoms with van der Waals surface area (Å²) in [5, 5.41) is 2.82. The molecule has 0 saturated carbocycles. The predicted molar refractivity (Wildman–Crippen MR) is 95.2 cm³/mol. The molecule has 1 aromatic carbocycles. The number of benzene rings is 1. The van der Waals surface area contributed by atoms with Crippen molar-refractivity contribution in [3.8, 4) is 0 Å². The smallest absolute Gasteiger partial charge is 0.258 e. The first-order valence-corrected chi connectivity index (χ1v) is 8.16. The van der Waals surface area contributed by atoms with Crippen LogP contribution in [0.25, 0.3) is 0 Å². The van der Waals surface area contributed by atoms with Gasteiger partial charge in [-0.2, -0.15) is 0 Å². The van der Waals surface area contributed by atoms with Crippen molar-refractivity contribution in [2.45, 2.75) is 33.2 Å². The van der Waals surface area contributed by atoms with Crippen molar-refractivity contribution in [1.82, 2.24) is 10.3 Å². The summed E-state index contributed by atoms with van der Waals surface area (Å²) in [4.78, 5) is 30.8. The Balaban J connectivity index is 2.29. The second-order valence-electron chi connectivity index (χ2n) is 5.82. The van der Waals surface area contributed by atoms with Crippen molar-refractivity contribution in [3.63, 3.8) is 0 Å². The minimum absolute atomic E-state index is 0.0284. The SMILES string of the molecule is CCCNC(=O)c1cccc(C(=O)N(c2cccnc2)C(C)C)c1. The van der Waals surface area contributed by atoms with Crippen molar-refractivity contribution in [2.75, 3.05) is 11.4 Å². The summed E-state index contributed by atoms with van der Waals surface area (Å²) in [7, 11) is 0. The quantitative estimate of drug-likeness (QED) is 0.886. The number of aromatic nitrogens is 1. The van der Waals surface area contributed by atoms with E-state index in [0.717, 1.165) is 12.1 Å². The van der Waals surface area contributed by atoms with E-state index in [9.17, 15) is 9.59 Å². The van der Waals surface area contributed by atoms with E-state index in [1.807, 2.05) is 26.8 Å². The Morgan fingerprint density at radius 1 is 1.17 bits per heavy atom. The van der Waals surface area contributed by atoms with Gasteiger partial charge >= 0.3 is 0 Å². The van der Waals surface area contributed by atoms with Gasteiger partial charge in [0, 0.05) is 29.9 Å². The Morgan fingerprint density at radius 3 is 2.54 bits per heavy atom. The molecular weight excluding hydrogens is 302 g/mol. The van der Waals surface area contributed by atoms with Crippen LogP contribution in [-0.2, 0) is 0 Å². The fourth-order valence-corrected chi connectivity index (χ4v) is 2.42. The topological polar surface area (TPSA) is 62.3 Å². The van der Waals surface area contributed by atoms with E-state index < -0.39 is 0 Å². The van der Waals surface area contributed by atoms with Crippen LogP contribution in [0.4, 0.5) is 5.69 Å². The second-order valence-corrected chi connectivity index (χ2v) is 5.82. The van der Waals surface area contributed by atoms with E-state index >= 15 is 0 Å². The maximum absolute atomic E-state index is 12.9. The van der Waals surface area contributed by atoms with E-state index in [1.165, 1.54) is 0 Å². The number of hydrogen-bond acceptors (Lipinski definition) is 3. The molecule has 0 atom stereocenters. The van der Waals surface area contributed by atoms with Crippen LogP contribution in [0.2, 0.25) is 0 Å². The van der Waals surface area contributed by atoms with Gasteiger partial charge in [0.1, 0.15) is 0 Å². The van der Waals surface area contributed by atoms with E-state index in [1.54, 1.807) is 47.6 Å². The number of pyridine rings is 1. The van der Waals surface area contributed by atoms with Crippen LogP contribution >= 0.6 is 0 Å². The summed E-state index contributed by atoms with van der Waals surface area (Å²) in [6.45, 7) is 6.50. The predicted octanol–water partition coefficient (Wildman–Crippen LogP) is 3.28. The summed E-state index contributed by atoms with van der Waals surface area (Å²) in [5.41, 5.74) is 1.71. The summed E-state index contributed by atoms with van der Waals surface area (Å²) < 4.78 is 0. The third kappa shape index (κ3) is 4.19. The Bertz CT molecular complexity index is 699. The molecule has 0 unspecified atom stereocenters. The Kier molecular flexibility index (Phi) is 6.07. The second kappa shape index (κ2) is 8.24. The van der Waals surface area contributed by atoms with Gasteiger partial charge in [0.25, 0.3) is 11.8 Å². The average molecular weight is 325 g/mol. The standard InChI is InChI=1S/C19H23N3O2/c1-4-10-21-18(23)15-7-5-8-16(12-15)19(24)22(14(2)3)17-9-6-11-20-13-17/h5-9,11-14H,4,10H2,1-3H3,(H,21,23). The zero-order valence-electron chi connectivity index (χ0n) is 14.3. The molecule has 0 aliphatic carbocycles. The third-order valence-electron chi connectivity index (χ3n) is 3.57. The van der Waals surface area contributed by atoms with Crippen molar-refractivity contribution < 1.29 is 9.59 Å². The lowest BCUT2D eigenvalue weighted by atomic mass is 10.1. The maximum Gasteiger partial charge on any atom is 0.258 e. The first-order chi connectivity index (χ1) is 11.5. The lowest BCUT2D eigenvalue weighted by molar-refractivity contribution is 0.0953. The van der Waals surface area contributed by atoms with Gasteiger partial charge in [-0.3, -0.25) is 14.6 Å². The number of anilines is 1. The normalized spacial score (nSPS) is 10.5. The summed E-state index contributed by atoms with van der Waals surface area (Å²) >= 11 is 0. The minimum atomic E-state index is -0.163. The van der Waals surface area contributed by atoms with Crippen LogP contribution in [0, 0.1) is 0 Å². The number of carbonyl (C=O) groups is 2. The highest BCUT2D eigenvalue weighted by atomic mass is 16.2. The molecule has 24 heavy (non-hydrogen) atoms. The molecule has 0 spiro atoms. The molecule has 2 aromatic rings. The van der Waals surface area contributed by atoms with Gasteiger partial charge in [-0.15, -0.1) is 0 Å². The molecule has 0 bridgehead atoms. The molecule has 0 fully saturated rings. The van der Waals surface area contributed by atoms with Crippen molar-refractivity contribution in [3.05, 3.63) is 59.9 Å². The summed E-state index contributed by atoms with van der Waals surface area (Å²) in [5.74, 6) is -0.313. The Hall–Kier alpha value is -2.69. The first kappa shape index (κ1) is 17.7. The van der Waals surface area contributed by atoms with Gasteiger partial charge in [0.2, 0.25) is 0 Å². The van der Waals surface area contributed by atoms with Gasteiger partial charge < -0.3 is 10.2 Å². The molecule has 2 rings (SSSR count). The van der Waals surface area contributed by atoms with Crippen LogP contribution < -0.4 is 10.2 Å². The number of amides is 2. The molecule has 2 amide bonds. The molecule has 1 aromatic heterocycles. The molecule has 126 valence electrons. The van der Waals surface area contributed by atoms with Crippen molar-refractivity contribution in [2.24, 2.45) is 0 Å². The highest BCUT2D eigenvalue weighted by molar-refractivity contribution is 6.07. The number of rotatable bonds is 6. The molecule has 0 radical (unpaired) electrons. The minimum Gasteiger partial charge on any atom is -0.352 e. The lowest BCUT2D eigenvalue weighted by Crippen LogP contribution is -2.37. The molecule has 0 aliphatic rings. The monoisotopic (exact) mass is 325 g/mol. The van der Waals surface area contributed by atoms with E-state index in [-0.39, 0.29) is 17.9 Å². The third-order valence-corrected chi connectivity index (χ3v) is 3.57. The van der Waals surface area contributed by atoms with Crippen LogP contribution in [0.5, 0.6) is 0 Å². The fraction of sp³-hybridized carbons (Fsp3) is 0.316. The maximum atomic E-state index is 12.9. The highest BCUT2D eigenvalue weighted by Crippen LogP contribution is 2.19. The van der Waals surface area contributed by atoms with E-state index in [0.29, 0.717) is 17.7 Å². The molecule has 1 heterocycles. The van der Waals surface area contributed by atoms with Crippen molar-refractivity contribution in [1.29, 1.82) is 0 Å². The van der Waals surface area contributed by atoms with Gasteiger partial charge in [-0.25, -0.2) is 0 Å². The highest BCUT2D eigenvalue weighted by Gasteiger charge is 2.21. The van der Waals surface area contributed by atoms with Gasteiger partial charge in [-0.1, -0.05) is 13.0 Å². The molecule has 0 aliphatic heterocycles. The van der Waals surface area contributed by atoms with Crippen LogP contribution in [0.1, 0.15) is 47.9 Å². The zero-order chi connectivity index (χ0) is 17.5.